The summed E-state index contributed by atoms with van der Waals surface area (Å²) in [5.74, 6) is -1.94. The molecule has 0 unspecified atom stereocenters. The topological polar surface area (TPSA) is 90.5 Å². The second-order valence-electron chi connectivity index (χ2n) is 11.7. The van der Waals surface area contributed by atoms with Crippen molar-refractivity contribution in [2.75, 3.05) is 5.32 Å². The maximum Gasteiger partial charge on any atom is 0.238 e. The SMILES string of the molecule is O=C(N[C@H]1CC[C@H](O)CC1)[C@@H]1NC2(CCCCCC2)[C@@]2(C(=O)Nc3cc(Cl)ccc32)[C@H]1c1cccc(Cl)c1F. The highest BCUT2D eigenvalue weighted by molar-refractivity contribution is 6.31. The predicted molar refractivity (Wildman–Crippen MR) is 150 cm³/mol. The zero-order valence-corrected chi connectivity index (χ0v) is 23.3. The summed E-state index contributed by atoms with van der Waals surface area (Å²) in [5.41, 5.74) is -0.405. The monoisotopic (exact) mass is 573 g/mol. The van der Waals surface area contributed by atoms with E-state index in [0.717, 1.165) is 31.2 Å². The molecule has 6 nitrogen and oxygen atoms in total. The third-order valence-electron chi connectivity index (χ3n) is 9.60. The first-order valence-electron chi connectivity index (χ1n) is 14.1. The molecular formula is C30H34Cl2FN3O3. The summed E-state index contributed by atoms with van der Waals surface area (Å²) >= 11 is 12.6. The molecule has 1 saturated heterocycles. The molecule has 208 valence electrons. The zero-order valence-electron chi connectivity index (χ0n) is 21.7. The molecule has 0 radical (unpaired) electrons. The van der Waals surface area contributed by atoms with Gasteiger partial charge in [0.05, 0.1) is 17.2 Å². The number of fused-ring (bicyclic) bond motifs is 3. The average molecular weight is 575 g/mol. The molecule has 0 aromatic heterocycles. The molecule has 6 rings (SSSR count). The van der Waals surface area contributed by atoms with Gasteiger partial charge < -0.3 is 15.7 Å². The van der Waals surface area contributed by atoms with Crippen LogP contribution in [0.2, 0.25) is 10.0 Å². The second kappa shape index (κ2) is 10.3. The number of benzene rings is 2. The van der Waals surface area contributed by atoms with Crippen LogP contribution in [0.15, 0.2) is 36.4 Å². The Morgan fingerprint density at radius 3 is 2.46 bits per heavy atom. The van der Waals surface area contributed by atoms with Gasteiger partial charge in [-0.1, -0.05) is 67.1 Å². The average Bonchev–Trinajstić information content (AvgIpc) is 3.23. The number of aliphatic hydroxyl groups excluding tert-OH is 1. The van der Waals surface area contributed by atoms with Gasteiger partial charge in [0.25, 0.3) is 0 Å². The standard InChI is InChI=1S/C30H34Cl2FN3O3/c31-17-8-13-21-23(16-17)35-28(39)30(21)24(20-6-5-7-22(32)25(20)33)26(36-29(30)14-3-1-2-4-15-29)27(38)34-18-9-11-19(37)12-10-18/h5-8,13,16,18-19,24,26,36-37H,1-4,9-12,14-15H2,(H,34,38)(H,35,39)/t18-,19-,24-,26+,30+/m0/s1. The van der Waals surface area contributed by atoms with Crippen molar-refractivity contribution in [2.45, 2.75) is 99.3 Å². The van der Waals surface area contributed by atoms with Gasteiger partial charge in [0.2, 0.25) is 11.8 Å². The van der Waals surface area contributed by atoms with Gasteiger partial charge in [0.15, 0.2) is 0 Å². The Hall–Kier alpha value is -2.19. The van der Waals surface area contributed by atoms with Crippen LogP contribution in [0.3, 0.4) is 0 Å². The predicted octanol–water partition coefficient (Wildman–Crippen LogP) is 5.59. The van der Waals surface area contributed by atoms with E-state index in [9.17, 15) is 14.7 Å². The summed E-state index contributed by atoms with van der Waals surface area (Å²) in [6.45, 7) is 0. The molecule has 4 N–H and O–H groups in total. The Bertz CT molecular complexity index is 1290. The van der Waals surface area contributed by atoms with Gasteiger partial charge in [-0.25, -0.2) is 4.39 Å². The van der Waals surface area contributed by atoms with Gasteiger partial charge in [0.1, 0.15) is 11.2 Å². The molecular weight excluding hydrogens is 540 g/mol. The highest BCUT2D eigenvalue weighted by Gasteiger charge is 2.72. The van der Waals surface area contributed by atoms with Crippen LogP contribution in [-0.2, 0) is 15.0 Å². The molecule has 3 fully saturated rings. The van der Waals surface area contributed by atoms with Gasteiger partial charge in [-0.3, -0.25) is 14.9 Å². The van der Waals surface area contributed by atoms with Gasteiger partial charge in [-0.15, -0.1) is 0 Å². The number of halogens is 3. The minimum Gasteiger partial charge on any atom is -0.393 e. The fourth-order valence-electron chi connectivity index (χ4n) is 7.91. The number of carbonyl (C=O) groups excluding carboxylic acids is 2. The number of anilines is 1. The third kappa shape index (κ3) is 4.28. The van der Waals surface area contributed by atoms with Crippen LogP contribution < -0.4 is 16.0 Å². The molecule has 2 heterocycles. The highest BCUT2D eigenvalue weighted by Crippen LogP contribution is 2.62. The number of hydrogen-bond acceptors (Lipinski definition) is 4. The Morgan fingerprint density at radius 1 is 1.03 bits per heavy atom. The first kappa shape index (κ1) is 27.0. The second-order valence-corrected chi connectivity index (χ2v) is 12.5. The Kier molecular flexibility index (Phi) is 7.15. The smallest absolute Gasteiger partial charge is 0.238 e. The first-order valence-corrected chi connectivity index (χ1v) is 14.8. The first-order chi connectivity index (χ1) is 18.8. The quantitative estimate of drug-likeness (QED) is 0.385. The van der Waals surface area contributed by atoms with Gasteiger partial charge in [-0.05, 0) is 67.9 Å². The molecule has 2 aromatic rings. The molecule has 9 heteroatoms. The summed E-state index contributed by atoms with van der Waals surface area (Å²) in [5, 5.41) is 20.4. The van der Waals surface area contributed by atoms with E-state index in [1.54, 1.807) is 24.3 Å². The van der Waals surface area contributed by atoms with Crippen molar-refractivity contribution in [3.05, 3.63) is 63.4 Å². The molecule has 2 aliphatic heterocycles. The summed E-state index contributed by atoms with van der Waals surface area (Å²) in [7, 11) is 0. The number of nitrogens with one attached hydrogen (secondary N) is 3. The minimum atomic E-state index is -1.24. The summed E-state index contributed by atoms with van der Waals surface area (Å²) in [6.07, 6.45) is 7.47. The third-order valence-corrected chi connectivity index (χ3v) is 10.1. The maximum absolute atomic E-state index is 16.0. The lowest BCUT2D eigenvalue weighted by Gasteiger charge is -2.44. The molecule has 2 saturated carbocycles. The van der Waals surface area contributed by atoms with Crippen LogP contribution in [0, 0.1) is 5.82 Å². The molecule has 0 bridgehead atoms. The van der Waals surface area contributed by atoms with Crippen molar-refractivity contribution in [1.82, 2.24) is 10.6 Å². The lowest BCUT2D eigenvalue weighted by atomic mass is 9.57. The molecule has 2 amide bonds. The normalized spacial score (nSPS) is 31.6. The van der Waals surface area contributed by atoms with E-state index in [1.807, 2.05) is 6.07 Å². The number of carbonyl (C=O) groups is 2. The Labute approximate surface area is 238 Å². The number of rotatable bonds is 3. The largest absolute Gasteiger partial charge is 0.393 e. The van der Waals surface area contributed by atoms with E-state index in [2.05, 4.69) is 16.0 Å². The van der Waals surface area contributed by atoms with Crippen molar-refractivity contribution in [3.8, 4) is 0 Å². The van der Waals surface area contributed by atoms with E-state index in [4.69, 9.17) is 23.2 Å². The summed E-state index contributed by atoms with van der Waals surface area (Å²) in [4.78, 5) is 28.6. The maximum atomic E-state index is 16.0. The van der Waals surface area contributed by atoms with Gasteiger partial charge in [0, 0.05) is 28.2 Å². The van der Waals surface area contributed by atoms with E-state index in [-0.39, 0.29) is 34.5 Å². The van der Waals surface area contributed by atoms with Crippen LogP contribution in [0.25, 0.3) is 0 Å². The molecule has 2 aromatic carbocycles. The van der Waals surface area contributed by atoms with Crippen LogP contribution >= 0.6 is 23.2 Å². The van der Waals surface area contributed by atoms with Crippen LogP contribution in [0.5, 0.6) is 0 Å². The van der Waals surface area contributed by atoms with E-state index in [0.29, 0.717) is 49.2 Å². The van der Waals surface area contributed by atoms with Crippen molar-refractivity contribution < 1.29 is 19.1 Å². The molecule has 2 spiro atoms. The highest BCUT2D eigenvalue weighted by atomic mass is 35.5. The van der Waals surface area contributed by atoms with Crippen molar-refractivity contribution in [3.63, 3.8) is 0 Å². The molecule has 3 atom stereocenters. The Morgan fingerprint density at radius 2 is 1.74 bits per heavy atom. The van der Waals surface area contributed by atoms with Crippen molar-refractivity contribution in [2.24, 2.45) is 0 Å². The molecule has 4 aliphatic rings. The van der Waals surface area contributed by atoms with E-state index < -0.39 is 28.7 Å². The summed E-state index contributed by atoms with van der Waals surface area (Å²) in [6, 6.07) is 9.24. The Balaban J connectivity index is 1.54. The van der Waals surface area contributed by atoms with Crippen molar-refractivity contribution in [1.29, 1.82) is 0 Å². The van der Waals surface area contributed by atoms with Gasteiger partial charge >= 0.3 is 0 Å². The van der Waals surface area contributed by atoms with Crippen LogP contribution in [0.1, 0.15) is 81.3 Å². The number of hydrogen-bond donors (Lipinski definition) is 4. The molecule has 2 aliphatic carbocycles. The summed E-state index contributed by atoms with van der Waals surface area (Å²) < 4.78 is 16.0. The number of amides is 2. The van der Waals surface area contributed by atoms with Crippen LogP contribution in [0.4, 0.5) is 10.1 Å². The number of aliphatic hydroxyl groups is 1. The van der Waals surface area contributed by atoms with Crippen LogP contribution in [-0.4, -0.2) is 40.6 Å². The van der Waals surface area contributed by atoms with E-state index in [1.165, 1.54) is 6.07 Å². The lowest BCUT2D eigenvalue weighted by Crippen LogP contribution is -2.59. The zero-order chi connectivity index (χ0) is 27.4. The fourth-order valence-corrected chi connectivity index (χ4v) is 8.26. The van der Waals surface area contributed by atoms with Crippen molar-refractivity contribution >= 4 is 40.7 Å². The van der Waals surface area contributed by atoms with E-state index >= 15 is 4.39 Å². The fraction of sp³-hybridized carbons (Fsp3) is 0.533. The van der Waals surface area contributed by atoms with Gasteiger partial charge in [-0.2, -0.15) is 0 Å². The minimum absolute atomic E-state index is 0.0420. The molecule has 39 heavy (non-hydrogen) atoms. The lowest BCUT2D eigenvalue weighted by molar-refractivity contribution is -0.124.